The van der Waals surface area contributed by atoms with Crippen LogP contribution in [0.4, 0.5) is 15.8 Å². The lowest BCUT2D eigenvalue weighted by Gasteiger charge is -2.09. The first-order valence-electron chi connectivity index (χ1n) is 5.02. The third-order valence-electron chi connectivity index (χ3n) is 2.30. The van der Waals surface area contributed by atoms with Crippen molar-refractivity contribution in [3.05, 3.63) is 57.3 Å². The molecule has 0 aliphatic carbocycles. The van der Waals surface area contributed by atoms with Crippen molar-refractivity contribution in [1.82, 2.24) is 0 Å². The minimum absolute atomic E-state index is 0.251. The summed E-state index contributed by atoms with van der Waals surface area (Å²) in [5, 5.41) is 12.6. The molecule has 0 atom stereocenters. The van der Waals surface area contributed by atoms with E-state index in [9.17, 15) is 4.39 Å². The maximum atomic E-state index is 13.0. The summed E-state index contributed by atoms with van der Waals surface area (Å²) in [7, 11) is 0. The summed E-state index contributed by atoms with van der Waals surface area (Å²) < 4.78 is 13.7. The molecule has 2 aromatic carbocycles. The highest BCUT2D eigenvalue weighted by Crippen LogP contribution is 2.28. The van der Waals surface area contributed by atoms with E-state index >= 15 is 0 Å². The van der Waals surface area contributed by atoms with Gasteiger partial charge in [0.05, 0.1) is 16.3 Å². The zero-order valence-electron chi connectivity index (χ0n) is 9.05. The fourth-order valence-electron chi connectivity index (χ4n) is 1.45. The molecular formula is C13H7BrClFN2. The molecule has 0 heterocycles. The Bertz CT molecular complexity index is 637. The molecule has 2 nitrogen and oxygen atoms in total. The first-order valence-corrected chi connectivity index (χ1v) is 6.19. The lowest BCUT2D eigenvalue weighted by atomic mass is 10.2. The van der Waals surface area contributed by atoms with Crippen molar-refractivity contribution < 1.29 is 4.39 Å². The number of benzene rings is 2. The van der Waals surface area contributed by atoms with Crippen LogP contribution >= 0.6 is 27.5 Å². The van der Waals surface area contributed by atoms with Gasteiger partial charge in [0.15, 0.2) is 0 Å². The Balaban J connectivity index is 2.34. The zero-order chi connectivity index (χ0) is 13.1. The van der Waals surface area contributed by atoms with Gasteiger partial charge >= 0.3 is 0 Å². The molecule has 2 rings (SSSR count). The molecule has 0 aliphatic heterocycles. The molecule has 0 saturated carbocycles. The molecule has 18 heavy (non-hydrogen) atoms. The molecule has 90 valence electrons. The van der Waals surface area contributed by atoms with E-state index in [2.05, 4.69) is 21.2 Å². The van der Waals surface area contributed by atoms with Crippen molar-refractivity contribution in [2.24, 2.45) is 0 Å². The first kappa shape index (κ1) is 12.9. The number of anilines is 2. The molecule has 0 radical (unpaired) electrons. The van der Waals surface area contributed by atoms with Gasteiger partial charge in [-0.3, -0.25) is 0 Å². The first-order chi connectivity index (χ1) is 8.60. The molecule has 0 spiro atoms. The van der Waals surface area contributed by atoms with Gasteiger partial charge in [0.2, 0.25) is 0 Å². The van der Waals surface area contributed by atoms with E-state index in [0.717, 1.165) is 10.2 Å². The average Bonchev–Trinajstić information content (AvgIpc) is 2.36. The lowest BCUT2D eigenvalue weighted by Crippen LogP contribution is -1.94. The topological polar surface area (TPSA) is 35.8 Å². The maximum absolute atomic E-state index is 13.0. The number of nitrogens with one attached hydrogen (secondary N) is 1. The third-order valence-corrected chi connectivity index (χ3v) is 3.51. The minimum atomic E-state index is -0.436. The van der Waals surface area contributed by atoms with Gasteiger partial charge in [-0.25, -0.2) is 4.39 Å². The van der Waals surface area contributed by atoms with E-state index in [1.165, 1.54) is 18.2 Å². The molecule has 0 unspecified atom stereocenters. The summed E-state index contributed by atoms with van der Waals surface area (Å²) in [4.78, 5) is 0. The summed E-state index contributed by atoms with van der Waals surface area (Å²) in [5.74, 6) is -0.436. The van der Waals surface area contributed by atoms with Gasteiger partial charge in [-0.1, -0.05) is 11.6 Å². The van der Waals surface area contributed by atoms with Crippen LogP contribution in [0.3, 0.4) is 0 Å². The summed E-state index contributed by atoms with van der Waals surface area (Å²) >= 11 is 9.20. The van der Waals surface area contributed by atoms with Crippen LogP contribution in [0.15, 0.2) is 40.9 Å². The predicted octanol–water partition coefficient (Wildman–Crippen LogP) is 4.86. The highest BCUT2D eigenvalue weighted by atomic mass is 79.9. The van der Waals surface area contributed by atoms with Crippen LogP contribution in [0.1, 0.15) is 5.56 Å². The van der Waals surface area contributed by atoms with Crippen LogP contribution in [-0.2, 0) is 0 Å². The van der Waals surface area contributed by atoms with Gasteiger partial charge < -0.3 is 5.32 Å². The molecule has 0 saturated heterocycles. The second kappa shape index (κ2) is 5.38. The maximum Gasteiger partial charge on any atom is 0.124 e. The summed E-state index contributed by atoms with van der Waals surface area (Å²) in [6.45, 7) is 0. The fourth-order valence-corrected chi connectivity index (χ4v) is 1.94. The van der Waals surface area contributed by atoms with Crippen LogP contribution < -0.4 is 5.32 Å². The Labute approximate surface area is 117 Å². The van der Waals surface area contributed by atoms with Crippen LogP contribution in [0.5, 0.6) is 0 Å². The third kappa shape index (κ3) is 2.81. The molecule has 0 aromatic heterocycles. The van der Waals surface area contributed by atoms with Crippen LogP contribution in [0, 0.1) is 17.1 Å². The largest absolute Gasteiger partial charge is 0.354 e. The zero-order valence-corrected chi connectivity index (χ0v) is 11.4. The van der Waals surface area contributed by atoms with E-state index in [4.69, 9.17) is 16.9 Å². The van der Waals surface area contributed by atoms with Crippen molar-refractivity contribution in [3.8, 4) is 6.07 Å². The van der Waals surface area contributed by atoms with Crippen molar-refractivity contribution in [2.75, 3.05) is 5.32 Å². The molecule has 0 amide bonds. The van der Waals surface area contributed by atoms with Crippen LogP contribution in [-0.4, -0.2) is 0 Å². The monoisotopic (exact) mass is 324 g/mol. The molecule has 1 N–H and O–H groups in total. The number of nitriles is 1. The number of hydrogen-bond acceptors (Lipinski definition) is 2. The van der Waals surface area contributed by atoms with Crippen LogP contribution in [0.25, 0.3) is 0 Å². The highest BCUT2D eigenvalue weighted by molar-refractivity contribution is 9.10. The lowest BCUT2D eigenvalue weighted by molar-refractivity contribution is 0.627. The summed E-state index contributed by atoms with van der Waals surface area (Å²) in [6.07, 6.45) is 0. The number of halogens is 3. The van der Waals surface area contributed by atoms with Gasteiger partial charge in [0.1, 0.15) is 11.9 Å². The van der Waals surface area contributed by atoms with E-state index in [1.807, 2.05) is 6.07 Å². The van der Waals surface area contributed by atoms with Crippen molar-refractivity contribution in [3.63, 3.8) is 0 Å². The summed E-state index contributed by atoms with van der Waals surface area (Å²) in [5.41, 5.74) is 1.56. The van der Waals surface area contributed by atoms with E-state index in [1.54, 1.807) is 18.2 Å². The molecular weight excluding hydrogens is 319 g/mol. The van der Waals surface area contributed by atoms with Crippen molar-refractivity contribution in [1.29, 1.82) is 5.26 Å². The SMILES string of the molecule is N#Cc1cc(F)ccc1Nc1ccc(Cl)c(Br)c1. The summed E-state index contributed by atoms with van der Waals surface area (Å²) in [6, 6.07) is 11.2. The van der Waals surface area contributed by atoms with Crippen molar-refractivity contribution in [2.45, 2.75) is 0 Å². The van der Waals surface area contributed by atoms with E-state index in [0.29, 0.717) is 10.7 Å². The normalized spacial score (nSPS) is 9.89. The number of nitrogens with zero attached hydrogens (tertiary/aromatic N) is 1. The highest BCUT2D eigenvalue weighted by Gasteiger charge is 2.05. The van der Waals surface area contributed by atoms with E-state index < -0.39 is 5.82 Å². The molecule has 0 aliphatic rings. The standard InChI is InChI=1S/C13H7BrClFN2/c14-11-6-10(2-3-12(11)15)18-13-4-1-9(16)5-8(13)7-17/h1-6,18H. The average molecular weight is 326 g/mol. The molecule has 0 bridgehead atoms. The number of hydrogen-bond donors (Lipinski definition) is 1. The molecule has 5 heteroatoms. The fraction of sp³-hybridized carbons (Fsp3) is 0. The Morgan fingerprint density at radius 3 is 2.67 bits per heavy atom. The van der Waals surface area contributed by atoms with Crippen molar-refractivity contribution >= 4 is 38.9 Å². The van der Waals surface area contributed by atoms with Gasteiger partial charge in [-0.05, 0) is 52.3 Å². The molecule has 2 aromatic rings. The van der Waals surface area contributed by atoms with Gasteiger partial charge in [-0.2, -0.15) is 5.26 Å². The number of rotatable bonds is 2. The van der Waals surface area contributed by atoms with E-state index in [-0.39, 0.29) is 5.56 Å². The Kier molecular flexibility index (Phi) is 3.85. The van der Waals surface area contributed by atoms with Gasteiger partial charge in [0.25, 0.3) is 0 Å². The quantitative estimate of drug-likeness (QED) is 0.856. The molecule has 0 fully saturated rings. The Morgan fingerprint density at radius 2 is 2.00 bits per heavy atom. The van der Waals surface area contributed by atoms with Gasteiger partial charge in [-0.15, -0.1) is 0 Å². The smallest absolute Gasteiger partial charge is 0.124 e. The van der Waals surface area contributed by atoms with Gasteiger partial charge in [0, 0.05) is 10.2 Å². The minimum Gasteiger partial charge on any atom is -0.354 e. The Morgan fingerprint density at radius 1 is 1.22 bits per heavy atom. The predicted molar refractivity (Wildman–Crippen MR) is 73.5 cm³/mol. The second-order valence-electron chi connectivity index (χ2n) is 3.56. The van der Waals surface area contributed by atoms with Crippen LogP contribution in [0.2, 0.25) is 5.02 Å². The Hall–Kier alpha value is -1.57. The second-order valence-corrected chi connectivity index (χ2v) is 4.82.